The summed E-state index contributed by atoms with van der Waals surface area (Å²) in [6.07, 6.45) is 23.2. The van der Waals surface area contributed by atoms with E-state index in [2.05, 4.69) is 66.2 Å². The van der Waals surface area contributed by atoms with Gasteiger partial charge in [-0.2, -0.15) is 0 Å². The van der Waals surface area contributed by atoms with E-state index in [1.807, 2.05) is 0 Å². The lowest BCUT2D eigenvalue weighted by Gasteiger charge is -2.05. The SMILES string of the molecule is CCCCCCCCCCCCCCCC[n+]1ccccc1Cc1ccccc1. The van der Waals surface area contributed by atoms with Crippen LogP contribution < -0.4 is 4.57 Å². The van der Waals surface area contributed by atoms with Crippen LogP contribution >= 0.6 is 0 Å². The van der Waals surface area contributed by atoms with E-state index in [0.717, 1.165) is 13.0 Å². The minimum atomic E-state index is 1.03. The highest BCUT2D eigenvalue weighted by molar-refractivity contribution is 5.19. The maximum absolute atomic E-state index is 2.45. The lowest BCUT2D eigenvalue weighted by molar-refractivity contribution is -0.704. The lowest BCUT2D eigenvalue weighted by atomic mass is 10.0. The van der Waals surface area contributed by atoms with Crippen LogP contribution in [0, 0.1) is 0 Å². The standard InChI is InChI=1S/C28H44N/c1-2-3-4-5-6-7-8-9-10-11-12-13-14-19-24-29-25-20-18-23-28(29)26-27-21-16-15-17-22-27/h15-18,20-23,25H,2-14,19,24,26H2,1H3/q+1. The number of unbranched alkanes of at least 4 members (excludes halogenated alkanes) is 13. The largest absolute Gasteiger partial charge is 0.202 e. The van der Waals surface area contributed by atoms with E-state index in [0.29, 0.717) is 0 Å². The fraction of sp³-hybridized carbons (Fsp3) is 0.607. The van der Waals surface area contributed by atoms with Crippen LogP contribution in [0.4, 0.5) is 0 Å². The second-order valence-corrected chi connectivity index (χ2v) is 8.64. The Morgan fingerprint density at radius 3 is 1.66 bits per heavy atom. The average Bonchev–Trinajstić information content (AvgIpc) is 2.76. The number of hydrogen-bond donors (Lipinski definition) is 0. The lowest BCUT2D eigenvalue weighted by Crippen LogP contribution is -2.38. The molecule has 0 radical (unpaired) electrons. The van der Waals surface area contributed by atoms with E-state index < -0.39 is 0 Å². The van der Waals surface area contributed by atoms with Crippen LogP contribution in [0.5, 0.6) is 0 Å². The van der Waals surface area contributed by atoms with Crippen LogP contribution in [0.1, 0.15) is 108 Å². The molecule has 0 N–H and O–H groups in total. The predicted octanol–water partition coefficient (Wildman–Crippen LogP) is 8.05. The van der Waals surface area contributed by atoms with E-state index in [1.165, 1.54) is 101 Å². The molecule has 0 amide bonds. The minimum Gasteiger partial charge on any atom is -0.202 e. The molecular weight excluding hydrogens is 350 g/mol. The number of aromatic nitrogens is 1. The first kappa shape index (κ1) is 23.6. The fourth-order valence-corrected chi connectivity index (χ4v) is 4.17. The molecule has 0 bridgehead atoms. The van der Waals surface area contributed by atoms with Crippen molar-refractivity contribution in [2.45, 2.75) is 110 Å². The molecule has 29 heavy (non-hydrogen) atoms. The molecule has 0 spiro atoms. The van der Waals surface area contributed by atoms with Crippen molar-refractivity contribution in [2.75, 3.05) is 0 Å². The van der Waals surface area contributed by atoms with Crippen LogP contribution in [0.2, 0.25) is 0 Å². The third-order valence-electron chi connectivity index (χ3n) is 6.02. The number of hydrogen-bond acceptors (Lipinski definition) is 0. The molecule has 0 unspecified atom stereocenters. The Bertz CT molecular complexity index is 619. The summed E-state index contributed by atoms with van der Waals surface area (Å²) in [7, 11) is 0. The topological polar surface area (TPSA) is 3.88 Å². The van der Waals surface area contributed by atoms with Gasteiger partial charge in [0, 0.05) is 18.6 Å². The zero-order chi connectivity index (χ0) is 20.4. The summed E-state index contributed by atoms with van der Waals surface area (Å²) in [6, 6.07) is 17.4. The van der Waals surface area contributed by atoms with Crippen molar-refractivity contribution in [3.63, 3.8) is 0 Å². The number of aryl methyl sites for hydroxylation is 1. The summed E-state index contributed by atoms with van der Waals surface area (Å²) in [4.78, 5) is 0. The molecule has 0 aliphatic rings. The van der Waals surface area contributed by atoms with Crippen LogP contribution in [0.3, 0.4) is 0 Å². The molecule has 0 fully saturated rings. The first-order valence-electron chi connectivity index (χ1n) is 12.4. The summed E-state index contributed by atoms with van der Waals surface area (Å²) in [6.45, 7) is 3.45. The predicted molar refractivity (Wildman–Crippen MR) is 126 cm³/mol. The van der Waals surface area contributed by atoms with Gasteiger partial charge >= 0.3 is 0 Å². The quantitative estimate of drug-likeness (QED) is 0.189. The monoisotopic (exact) mass is 394 g/mol. The van der Waals surface area contributed by atoms with Crippen molar-refractivity contribution in [1.82, 2.24) is 0 Å². The van der Waals surface area contributed by atoms with Crippen molar-refractivity contribution < 1.29 is 4.57 Å². The molecule has 1 aromatic carbocycles. The molecule has 0 atom stereocenters. The number of rotatable bonds is 17. The number of pyridine rings is 1. The minimum absolute atomic E-state index is 1.03. The highest BCUT2D eigenvalue weighted by atomic mass is 14.9. The van der Waals surface area contributed by atoms with Crippen LogP contribution in [0.25, 0.3) is 0 Å². The molecule has 2 aromatic rings. The zero-order valence-corrected chi connectivity index (χ0v) is 19.0. The van der Waals surface area contributed by atoms with E-state index in [-0.39, 0.29) is 0 Å². The van der Waals surface area contributed by atoms with Crippen LogP contribution in [-0.4, -0.2) is 0 Å². The van der Waals surface area contributed by atoms with Gasteiger partial charge in [0.05, 0.1) is 6.42 Å². The van der Waals surface area contributed by atoms with Gasteiger partial charge in [0.25, 0.3) is 0 Å². The molecule has 2 rings (SSSR count). The molecule has 1 nitrogen and oxygen atoms in total. The van der Waals surface area contributed by atoms with Gasteiger partial charge < -0.3 is 0 Å². The molecule has 0 saturated carbocycles. The Kier molecular flexibility index (Phi) is 13.2. The van der Waals surface area contributed by atoms with Gasteiger partial charge in [0.2, 0.25) is 0 Å². The van der Waals surface area contributed by atoms with Crippen molar-refractivity contribution in [3.8, 4) is 0 Å². The van der Waals surface area contributed by atoms with E-state index in [9.17, 15) is 0 Å². The molecule has 1 heteroatoms. The van der Waals surface area contributed by atoms with Gasteiger partial charge in [0.1, 0.15) is 6.54 Å². The van der Waals surface area contributed by atoms with Gasteiger partial charge in [-0.1, -0.05) is 120 Å². The fourth-order valence-electron chi connectivity index (χ4n) is 4.17. The van der Waals surface area contributed by atoms with Crippen molar-refractivity contribution in [1.29, 1.82) is 0 Å². The van der Waals surface area contributed by atoms with Crippen molar-refractivity contribution in [3.05, 3.63) is 66.0 Å². The van der Waals surface area contributed by atoms with E-state index in [1.54, 1.807) is 0 Å². The van der Waals surface area contributed by atoms with E-state index in [4.69, 9.17) is 0 Å². The van der Waals surface area contributed by atoms with Gasteiger partial charge in [-0.15, -0.1) is 0 Å². The molecule has 0 aliphatic carbocycles. The summed E-state index contributed by atoms with van der Waals surface area (Å²) in [5, 5.41) is 0. The normalized spacial score (nSPS) is 11.1. The Balaban J connectivity index is 1.48. The third-order valence-corrected chi connectivity index (χ3v) is 6.02. The Hall–Kier alpha value is -1.63. The Labute approximate surface area is 180 Å². The summed E-state index contributed by atoms with van der Waals surface area (Å²) in [5.74, 6) is 0. The molecule has 1 aromatic heterocycles. The molecule has 0 aliphatic heterocycles. The summed E-state index contributed by atoms with van der Waals surface area (Å²) in [5.41, 5.74) is 2.82. The van der Waals surface area contributed by atoms with Crippen LogP contribution in [-0.2, 0) is 13.0 Å². The van der Waals surface area contributed by atoms with Crippen molar-refractivity contribution >= 4 is 0 Å². The maximum Gasteiger partial charge on any atom is 0.185 e. The third kappa shape index (κ3) is 11.2. The van der Waals surface area contributed by atoms with Gasteiger partial charge in [-0.05, 0) is 12.0 Å². The number of benzene rings is 1. The van der Waals surface area contributed by atoms with E-state index >= 15 is 0 Å². The highest BCUT2D eigenvalue weighted by Crippen LogP contribution is 2.13. The maximum atomic E-state index is 2.45. The summed E-state index contributed by atoms with van der Waals surface area (Å²) < 4.78 is 2.45. The average molecular weight is 395 g/mol. The molecule has 160 valence electrons. The second-order valence-electron chi connectivity index (χ2n) is 8.64. The first-order valence-corrected chi connectivity index (χ1v) is 12.4. The van der Waals surface area contributed by atoms with Crippen molar-refractivity contribution in [2.24, 2.45) is 0 Å². The second kappa shape index (κ2) is 16.2. The van der Waals surface area contributed by atoms with Crippen LogP contribution in [0.15, 0.2) is 54.7 Å². The first-order chi connectivity index (χ1) is 14.4. The van der Waals surface area contributed by atoms with Gasteiger partial charge in [-0.3, -0.25) is 0 Å². The Morgan fingerprint density at radius 2 is 1.07 bits per heavy atom. The number of nitrogens with zero attached hydrogens (tertiary/aromatic N) is 1. The van der Waals surface area contributed by atoms with Gasteiger partial charge in [0.15, 0.2) is 11.9 Å². The smallest absolute Gasteiger partial charge is 0.185 e. The molecular formula is C28H44N+. The molecule has 1 heterocycles. The Morgan fingerprint density at radius 1 is 0.552 bits per heavy atom. The van der Waals surface area contributed by atoms with Gasteiger partial charge in [-0.25, -0.2) is 4.57 Å². The highest BCUT2D eigenvalue weighted by Gasteiger charge is 2.09. The molecule has 0 saturated heterocycles. The zero-order valence-electron chi connectivity index (χ0n) is 19.0. The summed E-state index contributed by atoms with van der Waals surface area (Å²) >= 11 is 0.